The summed E-state index contributed by atoms with van der Waals surface area (Å²) in [5.41, 5.74) is 1.47. The van der Waals surface area contributed by atoms with Gasteiger partial charge in [-0.25, -0.2) is 15.0 Å². The van der Waals surface area contributed by atoms with Gasteiger partial charge in [-0.15, -0.1) is 0 Å². The lowest BCUT2D eigenvalue weighted by atomic mass is 9.72. The van der Waals surface area contributed by atoms with Gasteiger partial charge in [0.2, 0.25) is 5.91 Å². The maximum Gasteiger partial charge on any atom is 0.622 e. The van der Waals surface area contributed by atoms with Crippen molar-refractivity contribution in [2.75, 3.05) is 13.1 Å². The van der Waals surface area contributed by atoms with E-state index in [4.69, 9.17) is 9.31 Å². The van der Waals surface area contributed by atoms with E-state index in [1.54, 1.807) is 17.1 Å². The molecule has 1 aromatic carbocycles. The molecule has 3 aliphatic rings. The molecule has 12 nitrogen and oxygen atoms in total. The SMILES string of the molecule is CC(C)C[C@H](NC(=O)C(NC(=O)c1cccc(-c2ccccc2)n1)[C@@H](C)O)B1OC(=O)[C@H]2CN3C[C@@H](C(=O)O1)N23. The molecule has 5 rings (SSSR count). The third-order valence-electron chi connectivity index (χ3n) is 7.23. The van der Waals surface area contributed by atoms with E-state index in [1.165, 1.54) is 13.0 Å². The van der Waals surface area contributed by atoms with E-state index in [0.717, 1.165) is 5.56 Å². The molecule has 0 radical (unpaired) electrons. The Morgan fingerprint density at radius 3 is 2.23 bits per heavy atom. The van der Waals surface area contributed by atoms with E-state index in [1.807, 2.05) is 49.2 Å². The Hall–Kier alpha value is -3.81. The van der Waals surface area contributed by atoms with Gasteiger partial charge in [0.15, 0.2) is 0 Å². The zero-order chi connectivity index (χ0) is 28.6. The number of aliphatic hydroxyl groups is 1. The number of aliphatic hydroxyl groups excluding tert-OH is 1. The van der Waals surface area contributed by atoms with Crippen molar-refractivity contribution in [3.05, 3.63) is 54.2 Å². The largest absolute Gasteiger partial charge is 0.622 e. The number of aromatic nitrogens is 1. The second-order valence-electron chi connectivity index (χ2n) is 10.7. The van der Waals surface area contributed by atoms with Crippen molar-refractivity contribution in [3.63, 3.8) is 0 Å². The second kappa shape index (κ2) is 11.4. The second-order valence-corrected chi connectivity index (χ2v) is 10.7. The summed E-state index contributed by atoms with van der Waals surface area (Å²) in [4.78, 5) is 56.4. The Morgan fingerprint density at radius 1 is 1.00 bits per heavy atom. The first-order valence-corrected chi connectivity index (χ1v) is 13.4. The minimum absolute atomic E-state index is 0.0251. The number of carbonyl (C=O) groups is 4. The van der Waals surface area contributed by atoms with Crippen LogP contribution in [-0.2, 0) is 23.7 Å². The zero-order valence-corrected chi connectivity index (χ0v) is 22.5. The van der Waals surface area contributed by atoms with Gasteiger partial charge in [-0.3, -0.25) is 19.2 Å². The van der Waals surface area contributed by atoms with Gasteiger partial charge in [-0.2, -0.15) is 0 Å². The molecule has 1 unspecified atom stereocenters. The maximum atomic E-state index is 13.4. The Labute approximate surface area is 232 Å². The number of hydrazine groups is 1. The molecule has 0 spiro atoms. The molecule has 3 N–H and O–H groups in total. The number of nitrogens with zero attached hydrogens (tertiary/aromatic N) is 3. The quantitative estimate of drug-likeness (QED) is 0.370. The highest BCUT2D eigenvalue weighted by Gasteiger charge is 2.60. The predicted octanol–water partition coefficient (Wildman–Crippen LogP) is 0.170. The van der Waals surface area contributed by atoms with Crippen molar-refractivity contribution in [1.82, 2.24) is 25.6 Å². The van der Waals surface area contributed by atoms with Gasteiger partial charge in [0.25, 0.3) is 5.91 Å². The third-order valence-corrected chi connectivity index (χ3v) is 7.23. The Morgan fingerprint density at radius 2 is 1.65 bits per heavy atom. The summed E-state index contributed by atoms with van der Waals surface area (Å²) in [6.07, 6.45) is -0.962. The Kier molecular flexibility index (Phi) is 7.88. The number of pyridine rings is 1. The van der Waals surface area contributed by atoms with Crippen molar-refractivity contribution < 1.29 is 33.6 Å². The first-order valence-electron chi connectivity index (χ1n) is 13.4. The average molecular weight is 549 g/mol. The Balaban J connectivity index is 1.30. The Bertz CT molecular complexity index is 1270. The van der Waals surface area contributed by atoms with Crippen LogP contribution in [0.5, 0.6) is 0 Å². The van der Waals surface area contributed by atoms with Crippen molar-refractivity contribution in [1.29, 1.82) is 0 Å². The van der Waals surface area contributed by atoms with Gasteiger partial charge in [-0.1, -0.05) is 50.2 Å². The smallest absolute Gasteiger partial charge is 0.497 e. The van der Waals surface area contributed by atoms with Crippen molar-refractivity contribution in [2.45, 2.75) is 57.4 Å². The highest BCUT2D eigenvalue weighted by Crippen LogP contribution is 2.34. The van der Waals surface area contributed by atoms with Crippen LogP contribution >= 0.6 is 0 Å². The summed E-state index contributed by atoms with van der Waals surface area (Å²) in [6, 6.07) is 11.8. The molecule has 0 bridgehead atoms. The van der Waals surface area contributed by atoms with Crippen molar-refractivity contribution in [3.8, 4) is 11.3 Å². The number of carbonyl (C=O) groups excluding carboxylic acids is 4. The van der Waals surface area contributed by atoms with E-state index < -0.39 is 61.0 Å². The van der Waals surface area contributed by atoms with Crippen LogP contribution in [0.3, 0.4) is 0 Å². The molecule has 2 amide bonds. The van der Waals surface area contributed by atoms with Gasteiger partial charge in [-0.05, 0) is 31.4 Å². The predicted molar refractivity (Wildman–Crippen MR) is 143 cm³/mol. The topological polar surface area (TPSA) is 150 Å². The van der Waals surface area contributed by atoms with Crippen LogP contribution in [0.4, 0.5) is 0 Å². The monoisotopic (exact) mass is 549 g/mol. The summed E-state index contributed by atoms with van der Waals surface area (Å²) < 4.78 is 11.1. The standard InChI is InChI=1S/C27H32BN5O7/c1-15(2)12-22(28-39-26(37)20-13-32-14-21(33(20)32)27(38)40-28)30-25(36)23(16(3)34)31-24(35)19-11-7-10-18(29-19)17-8-5-4-6-9-17/h4-11,15-16,20-23,34H,12-14H2,1-3H3,(H,30,36)(H,31,35)/t16-,20-,21+,22+,23?/m1/s1. The summed E-state index contributed by atoms with van der Waals surface area (Å²) in [6.45, 7) is 6.11. The van der Waals surface area contributed by atoms with Crippen molar-refractivity contribution in [2.24, 2.45) is 5.92 Å². The van der Waals surface area contributed by atoms with Crippen molar-refractivity contribution >= 4 is 30.9 Å². The van der Waals surface area contributed by atoms with Gasteiger partial charge < -0.3 is 25.0 Å². The minimum atomic E-state index is -1.35. The van der Waals surface area contributed by atoms with Gasteiger partial charge >= 0.3 is 19.1 Å². The number of piperazine rings is 1. The van der Waals surface area contributed by atoms with E-state index in [0.29, 0.717) is 25.2 Å². The average Bonchev–Trinajstić information content (AvgIpc) is 2.91. The molecule has 0 aliphatic carbocycles. The van der Waals surface area contributed by atoms with Crippen LogP contribution in [0.25, 0.3) is 11.3 Å². The van der Waals surface area contributed by atoms with Crippen LogP contribution in [-0.4, -0.2) is 94.2 Å². The molecule has 3 aliphatic heterocycles. The molecule has 1 aromatic heterocycles. The molecule has 0 saturated carbocycles. The summed E-state index contributed by atoms with van der Waals surface area (Å²) in [5.74, 6) is -3.32. The first kappa shape index (κ1) is 27.8. The molecular weight excluding hydrogens is 517 g/mol. The third kappa shape index (κ3) is 5.58. The van der Waals surface area contributed by atoms with Crippen LogP contribution in [0.1, 0.15) is 37.7 Å². The fourth-order valence-electron chi connectivity index (χ4n) is 5.16. The minimum Gasteiger partial charge on any atom is -0.497 e. The number of nitrogens with one attached hydrogen (secondary N) is 2. The fraction of sp³-hybridized carbons (Fsp3) is 0.444. The lowest BCUT2D eigenvalue weighted by Gasteiger charge is -2.61. The van der Waals surface area contributed by atoms with E-state index in [9.17, 15) is 24.3 Å². The molecule has 13 heteroatoms. The highest BCUT2D eigenvalue weighted by molar-refractivity contribution is 6.51. The van der Waals surface area contributed by atoms with Gasteiger partial charge in [0.05, 0.1) is 17.7 Å². The maximum absolute atomic E-state index is 13.4. The number of rotatable bonds is 9. The fourth-order valence-corrected chi connectivity index (χ4v) is 5.16. The normalized spacial score (nSPS) is 22.8. The van der Waals surface area contributed by atoms with Gasteiger partial charge in [0, 0.05) is 18.7 Å². The summed E-state index contributed by atoms with van der Waals surface area (Å²) >= 11 is 0. The molecule has 210 valence electrons. The van der Waals surface area contributed by atoms with E-state index in [2.05, 4.69) is 15.6 Å². The lowest BCUT2D eigenvalue weighted by molar-refractivity contribution is -0.272. The molecule has 3 fully saturated rings. The summed E-state index contributed by atoms with van der Waals surface area (Å²) in [7, 11) is -1.35. The van der Waals surface area contributed by atoms with E-state index >= 15 is 0 Å². The molecule has 3 saturated heterocycles. The molecule has 2 aromatic rings. The summed E-state index contributed by atoms with van der Waals surface area (Å²) in [5, 5.41) is 19.2. The number of benzene rings is 1. The number of amides is 2. The molecule has 40 heavy (non-hydrogen) atoms. The lowest BCUT2D eigenvalue weighted by Crippen LogP contribution is -2.83. The van der Waals surface area contributed by atoms with E-state index in [-0.39, 0.29) is 11.6 Å². The zero-order valence-electron chi connectivity index (χ0n) is 22.5. The van der Waals surface area contributed by atoms with Crippen LogP contribution < -0.4 is 10.6 Å². The van der Waals surface area contributed by atoms with Crippen LogP contribution in [0, 0.1) is 5.92 Å². The number of hydrogen-bond donors (Lipinski definition) is 3. The molecule has 5 atom stereocenters. The molecule has 4 heterocycles. The van der Waals surface area contributed by atoms with Crippen LogP contribution in [0.15, 0.2) is 48.5 Å². The number of hydrogen-bond acceptors (Lipinski definition) is 10. The van der Waals surface area contributed by atoms with Crippen LogP contribution in [0.2, 0.25) is 0 Å². The first-order chi connectivity index (χ1) is 19.1. The molecular formula is C27H32BN5O7. The van der Waals surface area contributed by atoms with Gasteiger partial charge in [0.1, 0.15) is 23.8 Å². The highest BCUT2D eigenvalue weighted by atomic mass is 16.6.